The van der Waals surface area contributed by atoms with Crippen molar-refractivity contribution in [3.8, 4) is 5.75 Å². The first-order chi connectivity index (χ1) is 10.2. The van der Waals surface area contributed by atoms with E-state index in [2.05, 4.69) is 6.92 Å². The van der Waals surface area contributed by atoms with Gasteiger partial charge in [-0.15, -0.1) is 0 Å². The molecule has 0 spiro atoms. The van der Waals surface area contributed by atoms with Gasteiger partial charge in [0, 0.05) is 0 Å². The van der Waals surface area contributed by atoms with Crippen LogP contribution in [-0.2, 0) is 0 Å². The van der Waals surface area contributed by atoms with Crippen molar-refractivity contribution in [3.05, 3.63) is 29.3 Å². The Morgan fingerprint density at radius 2 is 1.76 bits per heavy atom. The second-order valence-electron chi connectivity index (χ2n) is 6.02. The van der Waals surface area contributed by atoms with E-state index in [1.165, 1.54) is 6.42 Å². The SMILES string of the molecule is CCCCCCOc1ccc(C2CCCCC2)c(F)c1F. The predicted octanol–water partition coefficient (Wildman–Crippen LogP) is 5.97. The van der Waals surface area contributed by atoms with Crippen LogP contribution >= 0.6 is 0 Å². The van der Waals surface area contributed by atoms with Gasteiger partial charge in [-0.2, -0.15) is 4.39 Å². The molecule has 1 aromatic rings. The van der Waals surface area contributed by atoms with Gasteiger partial charge in [0.25, 0.3) is 0 Å². The van der Waals surface area contributed by atoms with Gasteiger partial charge in [0.2, 0.25) is 5.82 Å². The first kappa shape index (κ1) is 16.3. The number of halogens is 2. The average molecular weight is 296 g/mol. The number of hydrogen-bond acceptors (Lipinski definition) is 1. The van der Waals surface area contributed by atoms with Gasteiger partial charge >= 0.3 is 0 Å². The highest BCUT2D eigenvalue weighted by Gasteiger charge is 2.22. The van der Waals surface area contributed by atoms with Crippen molar-refractivity contribution in [1.82, 2.24) is 0 Å². The van der Waals surface area contributed by atoms with Crippen molar-refractivity contribution in [2.45, 2.75) is 70.6 Å². The van der Waals surface area contributed by atoms with Gasteiger partial charge in [-0.3, -0.25) is 0 Å². The Morgan fingerprint density at radius 3 is 2.48 bits per heavy atom. The first-order valence-corrected chi connectivity index (χ1v) is 8.34. The molecule has 2 rings (SSSR count). The topological polar surface area (TPSA) is 9.23 Å². The molecular formula is C18H26F2O. The first-order valence-electron chi connectivity index (χ1n) is 8.34. The fourth-order valence-corrected chi connectivity index (χ4v) is 3.10. The van der Waals surface area contributed by atoms with Crippen LogP contribution in [0.2, 0.25) is 0 Å². The molecule has 0 bridgehead atoms. The lowest BCUT2D eigenvalue weighted by Crippen LogP contribution is -2.09. The van der Waals surface area contributed by atoms with Crippen molar-refractivity contribution in [2.75, 3.05) is 6.61 Å². The molecule has 1 aliphatic carbocycles. The lowest BCUT2D eigenvalue weighted by atomic mass is 9.84. The van der Waals surface area contributed by atoms with E-state index in [0.717, 1.165) is 51.4 Å². The number of hydrogen-bond donors (Lipinski definition) is 0. The summed E-state index contributed by atoms with van der Waals surface area (Å²) in [7, 11) is 0. The number of ether oxygens (including phenoxy) is 1. The molecular weight excluding hydrogens is 270 g/mol. The molecule has 3 heteroatoms. The van der Waals surface area contributed by atoms with E-state index < -0.39 is 11.6 Å². The molecule has 0 aliphatic heterocycles. The highest BCUT2D eigenvalue weighted by Crippen LogP contribution is 2.36. The smallest absolute Gasteiger partial charge is 0.200 e. The van der Waals surface area contributed by atoms with E-state index in [1.54, 1.807) is 12.1 Å². The quantitative estimate of drug-likeness (QED) is 0.563. The maximum atomic E-state index is 14.2. The molecule has 0 amide bonds. The van der Waals surface area contributed by atoms with Crippen LogP contribution in [0, 0.1) is 11.6 Å². The monoisotopic (exact) mass is 296 g/mol. The Morgan fingerprint density at radius 1 is 1.00 bits per heavy atom. The Bertz CT molecular complexity index is 439. The van der Waals surface area contributed by atoms with Crippen LogP contribution in [0.25, 0.3) is 0 Å². The van der Waals surface area contributed by atoms with Gasteiger partial charge in [0.15, 0.2) is 11.6 Å². The largest absolute Gasteiger partial charge is 0.490 e. The molecule has 0 saturated heterocycles. The van der Waals surface area contributed by atoms with Crippen LogP contribution in [0.3, 0.4) is 0 Å². The fraction of sp³-hybridized carbons (Fsp3) is 0.667. The molecule has 0 radical (unpaired) electrons. The van der Waals surface area contributed by atoms with Gasteiger partial charge in [0.05, 0.1) is 6.61 Å². The third-order valence-electron chi connectivity index (χ3n) is 4.38. The van der Waals surface area contributed by atoms with E-state index in [4.69, 9.17) is 4.74 Å². The number of rotatable bonds is 7. The zero-order valence-corrected chi connectivity index (χ0v) is 13.0. The summed E-state index contributed by atoms with van der Waals surface area (Å²) in [5.41, 5.74) is 0.533. The summed E-state index contributed by atoms with van der Waals surface area (Å²) < 4.78 is 33.7. The third kappa shape index (κ3) is 4.42. The minimum absolute atomic E-state index is 0.0588. The van der Waals surface area contributed by atoms with Crippen LogP contribution in [0.5, 0.6) is 5.75 Å². The normalized spacial score (nSPS) is 16.1. The molecule has 0 heterocycles. The molecule has 0 N–H and O–H groups in total. The standard InChI is InChI=1S/C18H26F2O/c1-2-3-4-8-13-21-16-12-11-15(17(19)18(16)20)14-9-6-5-7-10-14/h11-12,14H,2-10,13H2,1H3. The van der Waals surface area contributed by atoms with Gasteiger partial charge in [-0.25, -0.2) is 4.39 Å². The van der Waals surface area contributed by atoms with Crippen LogP contribution in [0.1, 0.15) is 76.2 Å². The Labute approximate surface area is 126 Å². The zero-order valence-electron chi connectivity index (χ0n) is 13.0. The van der Waals surface area contributed by atoms with E-state index in [9.17, 15) is 8.78 Å². The summed E-state index contributed by atoms with van der Waals surface area (Å²) >= 11 is 0. The summed E-state index contributed by atoms with van der Waals surface area (Å²) in [6.07, 6.45) is 9.63. The van der Waals surface area contributed by atoms with Gasteiger partial charge in [0.1, 0.15) is 0 Å². The van der Waals surface area contributed by atoms with E-state index in [0.29, 0.717) is 12.2 Å². The molecule has 1 saturated carbocycles. The minimum atomic E-state index is -0.812. The van der Waals surface area contributed by atoms with Crippen molar-refractivity contribution < 1.29 is 13.5 Å². The summed E-state index contributed by atoms with van der Waals surface area (Å²) in [4.78, 5) is 0. The van der Waals surface area contributed by atoms with Crippen molar-refractivity contribution in [1.29, 1.82) is 0 Å². The molecule has 1 aromatic carbocycles. The van der Waals surface area contributed by atoms with Crippen molar-refractivity contribution in [2.24, 2.45) is 0 Å². The summed E-state index contributed by atoms with van der Waals surface area (Å²) in [5, 5.41) is 0. The average Bonchev–Trinajstić information content (AvgIpc) is 2.52. The van der Waals surface area contributed by atoms with Crippen LogP contribution < -0.4 is 4.74 Å². The summed E-state index contributed by atoms with van der Waals surface area (Å²) in [6, 6.07) is 3.32. The van der Waals surface area contributed by atoms with Gasteiger partial charge in [-0.05, 0) is 36.8 Å². The highest BCUT2D eigenvalue weighted by molar-refractivity contribution is 5.33. The molecule has 1 aliphatic rings. The van der Waals surface area contributed by atoms with Gasteiger partial charge < -0.3 is 4.74 Å². The van der Waals surface area contributed by atoms with Crippen LogP contribution in [-0.4, -0.2) is 6.61 Å². The second-order valence-corrected chi connectivity index (χ2v) is 6.02. The molecule has 1 fully saturated rings. The maximum Gasteiger partial charge on any atom is 0.200 e. The number of unbranched alkanes of at least 4 members (excludes halogenated alkanes) is 3. The van der Waals surface area contributed by atoms with Crippen LogP contribution in [0.15, 0.2) is 12.1 Å². The van der Waals surface area contributed by atoms with E-state index in [-0.39, 0.29) is 11.7 Å². The summed E-state index contributed by atoms with van der Waals surface area (Å²) in [5.74, 6) is -1.28. The van der Waals surface area contributed by atoms with Crippen molar-refractivity contribution in [3.63, 3.8) is 0 Å². The maximum absolute atomic E-state index is 14.2. The van der Waals surface area contributed by atoms with Crippen LogP contribution in [0.4, 0.5) is 8.78 Å². The Kier molecular flexibility index (Phi) is 6.47. The molecule has 0 unspecified atom stereocenters. The fourth-order valence-electron chi connectivity index (χ4n) is 3.10. The number of benzene rings is 1. The molecule has 1 nitrogen and oxygen atoms in total. The highest BCUT2D eigenvalue weighted by atomic mass is 19.2. The minimum Gasteiger partial charge on any atom is -0.490 e. The summed E-state index contributed by atoms with van der Waals surface area (Å²) in [6.45, 7) is 2.60. The van der Waals surface area contributed by atoms with E-state index >= 15 is 0 Å². The van der Waals surface area contributed by atoms with E-state index in [1.807, 2.05) is 0 Å². The second kappa shape index (κ2) is 8.35. The zero-order chi connectivity index (χ0) is 15.1. The molecule has 0 atom stereocenters. The Hall–Kier alpha value is -1.12. The lowest BCUT2D eigenvalue weighted by molar-refractivity contribution is 0.284. The third-order valence-corrected chi connectivity index (χ3v) is 4.38. The Balaban J connectivity index is 1.96. The molecule has 21 heavy (non-hydrogen) atoms. The van der Waals surface area contributed by atoms with Crippen molar-refractivity contribution >= 4 is 0 Å². The molecule has 0 aromatic heterocycles. The van der Waals surface area contributed by atoms with Gasteiger partial charge in [-0.1, -0.05) is 51.5 Å². The lowest BCUT2D eigenvalue weighted by Gasteiger charge is -2.23. The predicted molar refractivity (Wildman–Crippen MR) is 81.8 cm³/mol. The molecule has 118 valence electrons.